The Hall–Kier alpha value is -6.58. The van der Waals surface area contributed by atoms with Gasteiger partial charge in [-0.1, -0.05) is 121 Å². The fraction of sp³-hybridized carbons (Fsp3) is 0. The van der Waals surface area contributed by atoms with E-state index < -0.39 is 0 Å². The van der Waals surface area contributed by atoms with Crippen LogP contribution in [0.3, 0.4) is 0 Å². The van der Waals surface area contributed by atoms with Crippen molar-refractivity contribution in [2.75, 3.05) is 4.90 Å². The number of para-hydroxylation sites is 1. The Morgan fingerprint density at radius 2 is 1.04 bits per heavy atom. The molecule has 1 aliphatic rings. The second-order valence-electron chi connectivity index (χ2n) is 12.5. The number of furan rings is 1. The van der Waals surface area contributed by atoms with Crippen LogP contribution in [-0.2, 0) is 0 Å². The van der Waals surface area contributed by atoms with Crippen LogP contribution in [0.2, 0.25) is 0 Å². The summed E-state index contributed by atoms with van der Waals surface area (Å²) in [5.41, 5.74) is 11.6. The third kappa shape index (κ3) is 4.44. The van der Waals surface area contributed by atoms with Crippen LogP contribution < -0.4 is 9.64 Å². The van der Waals surface area contributed by atoms with Gasteiger partial charge in [0.25, 0.3) is 0 Å². The zero-order valence-corrected chi connectivity index (χ0v) is 26.5. The number of benzene rings is 8. The number of nitrogens with zero attached hydrogens (tertiary/aromatic N) is 1. The highest BCUT2D eigenvalue weighted by Gasteiger charge is 2.28. The van der Waals surface area contributed by atoms with Crippen molar-refractivity contribution in [3.8, 4) is 44.9 Å². The molecule has 0 N–H and O–H groups in total. The lowest BCUT2D eigenvalue weighted by Gasteiger charge is -2.29. The average molecular weight is 628 g/mol. The normalized spacial score (nSPS) is 11.8. The fourth-order valence-corrected chi connectivity index (χ4v) is 7.43. The summed E-state index contributed by atoms with van der Waals surface area (Å²) in [7, 11) is 0. The van der Waals surface area contributed by atoms with Gasteiger partial charge in [-0.15, -0.1) is 0 Å². The van der Waals surface area contributed by atoms with E-state index in [9.17, 15) is 0 Å². The van der Waals surface area contributed by atoms with Gasteiger partial charge in [0.1, 0.15) is 22.7 Å². The van der Waals surface area contributed by atoms with E-state index in [2.05, 4.69) is 169 Å². The highest BCUT2D eigenvalue weighted by Crippen LogP contribution is 2.54. The molecule has 0 amide bonds. The van der Waals surface area contributed by atoms with Gasteiger partial charge in [-0.25, -0.2) is 0 Å². The number of fused-ring (bicyclic) bond motifs is 10. The maximum Gasteiger partial charge on any atom is 0.137 e. The maximum atomic E-state index is 6.90. The molecule has 0 saturated heterocycles. The van der Waals surface area contributed by atoms with E-state index in [-0.39, 0.29) is 0 Å². The first-order chi connectivity index (χ1) is 24.3. The monoisotopic (exact) mass is 627 g/mol. The van der Waals surface area contributed by atoms with Crippen LogP contribution in [-0.4, -0.2) is 0 Å². The molecule has 0 bridgehead atoms. The number of ether oxygens (including phenoxy) is 1. The van der Waals surface area contributed by atoms with Crippen molar-refractivity contribution in [1.29, 1.82) is 0 Å². The first-order valence-electron chi connectivity index (χ1n) is 16.6. The molecule has 3 heteroatoms. The first-order valence-corrected chi connectivity index (χ1v) is 16.6. The maximum absolute atomic E-state index is 6.90. The van der Waals surface area contributed by atoms with Crippen LogP contribution in [0.5, 0.6) is 11.5 Å². The summed E-state index contributed by atoms with van der Waals surface area (Å²) >= 11 is 0. The number of anilines is 3. The van der Waals surface area contributed by atoms with Gasteiger partial charge < -0.3 is 14.1 Å². The molecule has 9 aromatic rings. The Bertz CT molecular complexity index is 2690. The molecule has 1 aromatic heterocycles. The largest absolute Gasteiger partial charge is 0.456 e. The van der Waals surface area contributed by atoms with Crippen LogP contribution in [0.15, 0.2) is 180 Å². The van der Waals surface area contributed by atoms with Gasteiger partial charge >= 0.3 is 0 Å². The molecular formula is C46H29NO2. The second kappa shape index (κ2) is 11.0. The lowest BCUT2D eigenvalue weighted by molar-refractivity contribution is 0.488. The first kappa shape index (κ1) is 27.5. The molecule has 0 radical (unpaired) electrons. The van der Waals surface area contributed by atoms with Crippen molar-refractivity contribution in [3.05, 3.63) is 176 Å². The van der Waals surface area contributed by atoms with Crippen LogP contribution >= 0.6 is 0 Å². The van der Waals surface area contributed by atoms with E-state index in [1.807, 2.05) is 12.1 Å². The third-order valence-electron chi connectivity index (χ3n) is 9.67. The predicted octanol–water partition coefficient (Wildman–Crippen LogP) is 13.3. The van der Waals surface area contributed by atoms with Gasteiger partial charge in [-0.05, 0) is 81.6 Å². The Kier molecular flexibility index (Phi) is 6.18. The van der Waals surface area contributed by atoms with Gasteiger partial charge in [-0.3, -0.25) is 0 Å². The molecule has 0 saturated carbocycles. The van der Waals surface area contributed by atoms with E-state index >= 15 is 0 Å². The Balaban J connectivity index is 1.22. The van der Waals surface area contributed by atoms with Crippen molar-refractivity contribution in [2.24, 2.45) is 0 Å². The van der Waals surface area contributed by atoms with E-state index in [0.717, 1.165) is 72.8 Å². The summed E-state index contributed by atoms with van der Waals surface area (Å²) in [4.78, 5) is 2.33. The molecule has 2 heterocycles. The van der Waals surface area contributed by atoms with Gasteiger partial charge in [0.2, 0.25) is 0 Å². The third-order valence-corrected chi connectivity index (χ3v) is 9.67. The average Bonchev–Trinajstić information content (AvgIpc) is 3.46. The van der Waals surface area contributed by atoms with Crippen molar-refractivity contribution < 1.29 is 9.15 Å². The predicted molar refractivity (Wildman–Crippen MR) is 202 cm³/mol. The summed E-state index contributed by atoms with van der Waals surface area (Å²) in [6.45, 7) is 0. The molecule has 10 rings (SSSR count). The number of hydrogen-bond donors (Lipinski definition) is 0. The molecule has 8 aromatic carbocycles. The minimum atomic E-state index is 0.815. The van der Waals surface area contributed by atoms with E-state index in [1.54, 1.807) is 0 Å². The zero-order valence-electron chi connectivity index (χ0n) is 26.5. The Morgan fingerprint density at radius 3 is 1.90 bits per heavy atom. The van der Waals surface area contributed by atoms with E-state index in [0.29, 0.717) is 0 Å². The lowest BCUT2D eigenvalue weighted by Crippen LogP contribution is -2.11. The summed E-state index contributed by atoms with van der Waals surface area (Å²) in [5.74, 6) is 1.67. The Morgan fingerprint density at radius 1 is 0.388 bits per heavy atom. The minimum Gasteiger partial charge on any atom is -0.456 e. The van der Waals surface area contributed by atoms with Gasteiger partial charge in [-0.2, -0.15) is 0 Å². The van der Waals surface area contributed by atoms with E-state index in [4.69, 9.17) is 9.15 Å². The van der Waals surface area contributed by atoms with Crippen LogP contribution in [0, 0.1) is 0 Å². The molecule has 0 atom stereocenters. The molecular weight excluding hydrogens is 599 g/mol. The smallest absolute Gasteiger partial charge is 0.137 e. The number of rotatable bonds is 4. The summed E-state index contributed by atoms with van der Waals surface area (Å²) in [6.07, 6.45) is 0. The molecule has 1 aliphatic heterocycles. The molecule has 0 fully saturated rings. The topological polar surface area (TPSA) is 25.6 Å². The van der Waals surface area contributed by atoms with Crippen molar-refractivity contribution in [3.63, 3.8) is 0 Å². The SMILES string of the molecule is c1ccc(-c2ccc(N(c3ccc4c(c3)oc3ccccc34)c3cccc4c3-c3ccccc3-c3c(ccc5ccccc35)O4)cc2)cc1. The molecule has 3 nitrogen and oxygen atoms in total. The fourth-order valence-electron chi connectivity index (χ4n) is 7.43. The van der Waals surface area contributed by atoms with Crippen LogP contribution in [0.25, 0.3) is 66.1 Å². The lowest BCUT2D eigenvalue weighted by atomic mass is 9.90. The van der Waals surface area contributed by atoms with Crippen molar-refractivity contribution in [1.82, 2.24) is 0 Å². The van der Waals surface area contributed by atoms with Crippen LogP contribution in [0.1, 0.15) is 0 Å². The second-order valence-corrected chi connectivity index (χ2v) is 12.5. The molecule has 230 valence electrons. The molecule has 49 heavy (non-hydrogen) atoms. The molecule has 0 unspecified atom stereocenters. The van der Waals surface area contributed by atoms with Crippen molar-refractivity contribution in [2.45, 2.75) is 0 Å². The number of hydrogen-bond acceptors (Lipinski definition) is 3. The molecule has 0 spiro atoms. The summed E-state index contributed by atoms with van der Waals surface area (Å²) in [6, 6.07) is 61.9. The Labute approximate surface area is 283 Å². The molecule has 0 aliphatic carbocycles. The van der Waals surface area contributed by atoms with Crippen LogP contribution in [0.4, 0.5) is 17.1 Å². The quantitative estimate of drug-likeness (QED) is 0.194. The highest BCUT2D eigenvalue weighted by molar-refractivity contribution is 6.08. The minimum absolute atomic E-state index is 0.815. The van der Waals surface area contributed by atoms with Gasteiger partial charge in [0.15, 0.2) is 0 Å². The van der Waals surface area contributed by atoms with Gasteiger partial charge in [0.05, 0.1) is 5.69 Å². The van der Waals surface area contributed by atoms with Gasteiger partial charge in [0, 0.05) is 39.3 Å². The zero-order chi connectivity index (χ0) is 32.3. The van der Waals surface area contributed by atoms with E-state index in [1.165, 1.54) is 21.9 Å². The standard InChI is InChI=1S/C46H29NO2/c1-2-11-30(12-3-1)31-21-24-33(25-22-31)47(34-26-27-37-36-15-8-9-19-41(36)48-44(37)29-34)40-18-10-20-42-46(40)39-17-7-6-16-38(39)45-35-14-5-4-13-32(35)23-28-43(45)49-42/h1-29H. The van der Waals surface area contributed by atoms with Crippen molar-refractivity contribution >= 4 is 49.8 Å². The highest BCUT2D eigenvalue weighted by atomic mass is 16.5. The summed E-state index contributed by atoms with van der Waals surface area (Å²) < 4.78 is 13.3. The summed E-state index contributed by atoms with van der Waals surface area (Å²) in [5, 5.41) is 4.57.